The average Bonchev–Trinajstić information content (AvgIpc) is 2.55. The zero-order valence-corrected chi connectivity index (χ0v) is 16.4. The Hall–Kier alpha value is -0.660. The molecule has 0 saturated heterocycles. The zero-order chi connectivity index (χ0) is 18.5. The topological polar surface area (TPSA) is 83.9 Å². The molecule has 1 spiro atoms. The Labute approximate surface area is 151 Å². The number of nitrogens with zero attached hydrogens (tertiary/aromatic N) is 1. The highest BCUT2D eigenvalue weighted by molar-refractivity contribution is 7.92. The minimum Gasteiger partial charge on any atom is -0.480 e. The largest absolute Gasteiger partial charge is 0.480 e. The lowest BCUT2D eigenvalue weighted by atomic mass is 9.54. The van der Waals surface area contributed by atoms with Gasteiger partial charge in [-0.15, -0.1) is 0 Å². The van der Waals surface area contributed by atoms with E-state index in [1.54, 1.807) is 0 Å². The predicted octanol–water partition coefficient (Wildman–Crippen LogP) is 2.33. The van der Waals surface area contributed by atoms with E-state index in [1.807, 2.05) is 6.92 Å². The van der Waals surface area contributed by atoms with Crippen molar-refractivity contribution in [2.45, 2.75) is 70.9 Å². The molecule has 6 nitrogen and oxygen atoms in total. The van der Waals surface area contributed by atoms with Gasteiger partial charge >= 0.3 is 5.97 Å². The molecular formula is C18H33NO5S. The number of carboxylic acids is 1. The molecule has 2 atom stereocenters. The van der Waals surface area contributed by atoms with Gasteiger partial charge < -0.3 is 9.84 Å². The van der Waals surface area contributed by atoms with E-state index in [-0.39, 0.29) is 17.3 Å². The molecule has 2 fully saturated rings. The maximum atomic E-state index is 12.0. The van der Waals surface area contributed by atoms with Crippen molar-refractivity contribution in [3.8, 4) is 0 Å². The Morgan fingerprint density at radius 1 is 1.20 bits per heavy atom. The molecule has 0 heterocycles. The Morgan fingerprint density at radius 3 is 2.44 bits per heavy atom. The van der Waals surface area contributed by atoms with E-state index in [0.717, 1.165) is 38.8 Å². The second-order valence-electron chi connectivity index (χ2n) is 7.51. The van der Waals surface area contributed by atoms with Gasteiger partial charge in [-0.05, 0) is 39.2 Å². The van der Waals surface area contributed by atoms with Crippen LogP contribution in [-0.4, -0.2) is 67.7 Å². The van der Waals surface area contributed by atoms with E-state index >= 15 is 0 Å². The lowest BCUT2D eigenvalue weighted by molar-refractivity contribution is -0.181. The van der Waals surface area contributed by atoms with Crippen molar-refractivity contribution < 1.29 is 23.1 Å². The Kier molecular flexibility index (Phi) is 7.29. The molecule has 146 valence electrons. The maximum absolute atomic E-state index is 12.0. The third kappa shape index (κ3) is 4.95. The minimum atomic E-state index is -3.55. The summed E-state index contributed by atoms with van der Waals surface area (Å²) in [4.78, 5) is 13.0. The molecule has 0 aromatic carbocycles. The van der Waals surface area contributed by atoms with E-state index in [9.17, 15) is 13.2 Å². The van der Waals surface area contributed by atoms with Crippen molar-refractivity contribution in [3.05, 3.63) is 0 Å². The number of hydrogen-bond acceptors (Lipinski definition) is 5. The van der Waals surface area contributed by atoms with Crippen molar-refractivity contribution in [3.63, 3.8) is 0 Å². The van der Waals surface area contributed by atoms with Crippen LogP contribution < -0.4 is 0 Å². The number of rotatable bonds is 10. The van der Waals surface area contributed by atoms with Gasteiger partial charge in [0.1, 0.15) is 5.75 Å². The van der Waals surface area contributed by atoms with Gasteiger partial charge in [0.2, 0.25) is 0 Å². The van der Waals surface area contributed by atoms with Crippen LogP contribution in [0.2, 0.25) is 0 Å². The normalized spacial score (nSPS) is 25.9. The number of sulfone groups is 1. The highest BCUT2D eigenvalue weighted by atomic mass is 32.2. The average molecular weight is 376 g/mol. The van der Waals surface area contributed by atoms with Crippen LogP contribution in [0.5, 0.6) is 0 Å². The van der Waals surface area contributed by atoms with Crippen molar-refractivity contribution in [2.75, 3.05) is 31.2 Å². The molecule has 2 aliphatic carbocycles. The van der Waals surface area contributed by atoms with Crippen LogP contribution in [0.1, 0.15) is 58.8 Å². The lowest BCUT2D eigenvalue weighted by Crippen LogP contribution is -2.66. The molecule has 2 rings (SSSR count). The first-order chi connectivity index (χ1) is 11.8. The van der Waals surface area contributed by atoms with Crippen LogP contribution >= 0.6 is 0 Å². The van der Waals surface area contributed by atoms with E-state index in [1.165, 1.54) is 19.3 Å². The standard InChI is InChI=1S/C18H33NO5S/c1-3-10-19(11-12-25(22,23)14-17(20)21)15-13-16(24-4-2)18(15)8-6-5-7-9-18/h15-16H,3-14H2,1-2H3,(H,20,21). The van der Waals surface area contributed by atoms with E-state index < -0.39 is 21.6 Å². The smallest absolute Gasteiger partial charge is 0.318 e. The number of carbonyl (C=O) groups is 1. The fourth-order valence-electron chi connectivity index (χ4n) is 4.77. The van der Waals surface area contributed by atoms with Crippen LogP contribution in [-0.2, 0) is 19.4 Å². The SMILES string of the molecule is CCCN(CCS(=O)(=O)CC(=O)O)C1CC(OCC)C12CCCCC2. The molecule has 0 radical (unpaired) electrons. The highest BCUT2D eigenvalue weighted by Gasteiger charge is 2.57. The molecule has 0 amide bonds. The van der Waals surface area contributed by atoms with Crippen LogP contribution in [0.3, 0.4) is 0 Å². The molecule has 25 heavy (non-hydrogen) atoms. The summed E-state index contributed by atoms with van der Waals surface area (Å²) in [7, 11) is -3.55. The molecule has 7 heteroatoms. The summed E-state index contributed by atoms with van der Waals surface area (Å²) < 4.78 is 30.0. The van der Waals surface area contributed by atoms with Gasteiger partial charge in [0.05, 0.1) is 11.9 Å². The Bertz CT molecular complexity index is 542. The van der Waals surface area contributed by atoms with Gasteiger partial charge in [-0.3, -0.25) is 9.69 Å². The Balaban J connectivity index is 2.06. The molecule has 2 aliphatic rings. The summed E-state index contributed by atoms with van der Waals surface area (Å²) in [6.45, 7) is 6.14. The van der Waals surface area contributed by atoms with Crippen molar-refractivity contribution in [1.29, 1.82) is 0 Å². The monoisotopic (exact) mass is 375 g/mol. The fourth-order valence-corrected chi connectivity index (χ4v) is 5.80. The molecule has 1 N–H and O–H groups in total. The van der Waals surface area contributed by atoms with Crippen molar-refractivity contribution >= 4 is 15.8 Å². The highest BCUT2D eigenvalue weighted by Crippen LogP contribution is 2.55. The van der Waals surface area contributed by atoms with Gasteiger partial charge in [-0.1, -0.05) is 26.2 Å². The van der Waals surface area contributed by atoms with E-state index in [2.05, 4.69) is 11.8 Å². The number of hydrogen-bond donors (Lipinski definition) is 1. The van der Waals surface area contributed by atoms with E-state index in [0.29, 0.717) is 12.6 Å². The van der Waals surface area contributed by atoms with Gasteiger partial charge in [0.25, 0.3) is 0 Å². The fraction of sp³-hybridized carbons (Fsp3) is 0.944. The maximum Gasteiger partial charge on any atom is 0.318 e. The summed E-state index contributed by atoms with van der Waals surface area (Å²) >= 11 is 0. The molecule has 0 bridgehead atoms. The predicted molar refractivity (Wildman–Crippen MR) is 97.5 cm³/mol. The number of carboxylic acid groups (broad SMARTS) is 1. The summed E-state index contributed by atoms with van der Waals surface area (Å²) in [5, 5.41) is 8.77. The molecule has 0 aromatic rings. The molecule has 2 unspecified atom stereocenters. The number of ether oxygens (including phenoxy) is 1. The summed E-state index contributed by atoms with van der Waals surface area (Å²) in [5.74, 6) is -2.12. The van der Waals surface area contributed by atoms with E-state index in [4.69, 9.17) is 9.84 Å². The van der Waals surface area contributed by atoms with Crippen LogP contribution in [0.25, 0.3) is 0 Å². The number of aliphatic carboxylic acids is 1. The zero-order valence-electron chi connectivity index (χ0n) is 15.6. The quantitative estimate of drug-likeness (QED) is 0.631. The van der Waals surface area contributed by atoms with Crippen molar-refractivity contribution in [1.82, 2.24) is 4.90 Å². The second-order valence-corrected chi connectivity index (χ2v) is 9.70. The van der Waals surface area contributed by atoms with Gasteiger partial charge in [0.15, 0.2) is 9.84 Å². The van der Waals surface area contributed by atoms with Gasteiger partial charge in [-0.2, -0.15) is 0 Å². The second kappa shape index (κ2) is 8.82. The van der Waals surface area contributed by atoms with Gasteiger partial charge in [0, 0.05) is 24.6 Å². The van der Waals surface area contributed by atoms with Crippen LogP contribution in [0.15, 0.2) is 0 Å². The first-order valence-corrected chi connectivity index (χ1v) is 11.4. The first-order valence-electron chi connectivity index (χ1n) is 9.62. The van der Waals surface area contributed by atoms with Crippen molar-refractivity contribution in [2.24, 2.45) is 5.41 Å². The van der Waals surface area contributed by atoms with Gasteiger partial charge in [-0.25, -0.2) is 8.42 Å². The lowest BCUT2D eigenvalue weighted by Gasteiger charge is -2.61. The summed E-state index contributed by atoms with van der Waals surface area (Å²) in [6, 6.07) is 0.365. The Morgan fingerprint density at radius 2 is 1.88 bits per heavy atom. The third-order valence-electron chi connectivity index (χ3n) is 5.88. The van der Waals surface area contributed by atoms with Crippen LogP contribution in [0.4, 0.5) is 0 Å². The summed E-state index contributed by atoms with van der Waals surface area (Å²) in [5.41, 5.74) is 0.167. The minimum absolute atomic E-state index is 0.0782. The first kappa shape index (κ1) is 20.6. The molecule has 0 aliphatic heterocycles. The summed E-state index contributed by atoms with van der Waals surface area (Å²) in [6.07, 6.45) is 8.24. The molecular weight excluding hydrogens is 342 g/mol. The van der Waals surface area contributed by atoms with Crippen LogP contribution in [0, 0.1) is 5.41 Å². The third-order valence-corrected chi connectivity index (χ3v) is 7.37. The molecule has 0 aromatic heterocycles. The molecule has 2 saturated carbocycles.